The van der Waals surface area contributed by atoms with Crippen LogP contribution in [0.3, 0.4) is 0 Å². The minimum atomic E-state index is -0.709. The van der Waals surface area contributed by atoms with E-state index in [0.29, 0.717) is 11.3 Å². The molecule has 2 N–H and O–H groups in total. The van der Waals surface area contributed by atoms with Crippen LogP contribution in [0.4, 0.5) is 16.0 Å². The molecule has 1 amide bonds. The summed E-state index contributed by atoms with van der Waals surface area (Å²) in [4.78, 5) is 30.7. The number of nitrogens with two attached hydrogens (primary N) is 1. The van der Waals surface area contributed by atoms with Crippen molar-refractivity contribution >= 4 is 23.3 Å². The lowest BCUT2D eigenvalue weighted by molar-refractivity contribution is -0.128. The molecule has 0 fully saturated rings. The summed E-state index contributed by atoms with van der Waals surface area (Å²) >= 11 is 0. The van der Waals surface area contributed by atoms with Gasteiger partial charge in [0.1, 0.15) is 11.6 Å². The van der Waals surface area contributed by atoms with Crippen molar-refractivity contribution in [3.8, 4) is 5.75 Å². The van der Waals surface area contributed by atoms with Crippen molar-refractivity contribution < 1.29 is 18.7 Å². The van der Waals surface area contributed by atoms with E-state index in [4.69, 9.17) is 10.5 Å². The Kier molecular flexibility index (Phi) is 4.39. The number of nitrogens with zero attached hydrogens (tertiary/aromatic N) is 2. The molecule has 0 aliphatic carbocycles. The van der Waals surface area contributed by atoms with Gasteiger partial charge in [-0.1, -0.05) is 13.8 Å². The summed E-state index contributed by atoms with van der Waals surface area (Å²) in [5, 5.41) is 0. The Morgan fingerprint density at radius 1 is 1.28 bits per heavy atom. The molecule has 0 radical (unpaired) electrons. The smallest absolute Gasteiger partial charge is 0.270 e. The second-order valence-electron chi connectivity index (χ2n) is 6.19. The van der Waals surface area contributed by atoms with Crippen LogP contribution in [-0.4, -0.2) is 29.3 Å². The lowest BCUT2D eigenvalue weighted by Crippen LogP contribution is -2.50. The lowest BCUT2D eigenvalue weighted by Gasteiger charge is -2.34. The zero-order valence-electron chi connectivity index (χ0n) is 13.9. The van der Waals surface area contributed by atoms with Gasteiger partial charge in [0.2, 0.25) is 0 Å². The zero-order chi connectivity index (χ0) is 18.1. The van der Waals surface area contributed by atoms with Crippen LogP contribution in [-0.2, 0) is 4.79 Å². The van der Waals surface area contributed by atoms with Crippen LogP contribution in [0.5, 0.6) is 5.75 Å². The van der Waals surface area contributed by atoms with Crippen LogP contribution in [0.25, 0.3) is 0 Å². The predicted octanol–water partition coefficient (Wildman–Crippen LogP) is 2.44. The van der Waals surface area contributed by atoms with Crippen LogP contribution < -0.4 is 15.4 Å². The van der Waals surface area contributed by atoms with E-state index in [1.165, 1.54) is 29.2 Å². The Labute approximate surface area is 144 Å². The number of aromatic nitrogens is 1. The van der Waals surface area contributed by atoms with Crippen molar-refractivity contribution in [1.29, 1.82) is 0 Å². The molecule has 7 heteroatoms. The minimum absolute atomic E-state index is 0.0818. The van der Waals surface area contributed by atoms with Gasteiger partial charge in [0.15, 0.2) is 23.5 Å². The van der Waals surface area contributed by atoms with E-state index in [1.807, 2.05) is 13.8 Å². The van der Waals surface area contributed by atoms with Crippen LogP contribution in [0.1, 0.15) is 24.2 Å². The molecule has 1 aliphatic heterocycles. The van der Waals surface area contributed by atoms with Gasteiger partial charge in [0, 0.05) is 5.56 Å². The average Bonchev–Trinajstić information content (AvgIpc) is 2.57. The molecule has 0 bridgehead atoms. The van der Waals surface area contributed by atoms with Gasteiger partial charge in [-0.25, -0.2) is 9.37 Å². The normalized spacial score (nSPS) is 16.6. The van der Waals surface area contributed by atoms with Gasteiger partial charge in [-0.3, -0.25) is 14.5 Å². The molecule has 2 aromatic rings. The highest BCUT2D eigenvalue weighted by Crippen LogP contribution is 2.34. The van der Waals surface area contributed by atoms with Gasteiger partial charge in [-0.05, 0) is 42.3 Å². The van der Waals surface area contributed by atoms with Crippen molar-refractivity contribution in [3.63, 3.8) is 0 Å². The highest BCUT2D eigenvalue weighted by Gasteiger charge is 2.38. The number of nitrogen functional groups attached to an aromatic ring is 1. The fourth-order valence-electron chi connectivity index (χ4n) is 2.63. The Morgan fingerprint density at radius 3 is 2.60 bits per heavy atom. The largest absolute Gasteiger partial charge is 0.476 e. The number of hydrogen-bond acceptors (Lipinski definition) is 5. The average molecular weight is 343 g/mol. The molecular weight excluding hydrogens is 325 g/mol. The number of carbonyl (C=O) groups is 2. The molecule has 1 aliphatic rings. The van der Waals surface area contributed by atoms with Crippen LogP contribution in [0.15, 0.2) is 36.4 Å². The number of rotatable bonds is 4. The molecule has 1 aromatic carbocycles. The summed E-state index contributed by atoms with van der Waals surface area (Å²) in [7, 11) is 0. The zero-order valence-corrected chi connectivity index (χ0v) is 13.9. The Balaban J connectivity index is 1.95. The van der Waals surface area contributed by atoms with Crippen molar-refractivity contribution in [2.24, 2.45) is 5.92 Å². The van der Waals surface area contributed by atoms with Crippen molar-refractivity contribution in [2.45, 2.75) is 20.0 Å². The first-order valence-electron chi connectivity index (χ1n) is 7.90. The number of benzene rings is 1. The summed E-state index contributed by atoms with van der Waals surface area (Å²) in [6.45, 7) is 3.50. The molecule has 0 spiro atoms. The van der Waals surface area contributed by atoms with E-state index in [2.05, 4.69) is 4.98 Å². The molecule has 130 valence electrons. The maximum absolute atomic E-state index is 13.0. The molecule has 0 saturated carbocycles. The monoisotopic (exact) mass is 343 g/mol. The molecule has 3 rings (SSSR count). The molecule has 1 atom stereocenters. The molecule has 0 saturated heterocycles. The van der Waals surface area contributed by atoms with Gasteiger partial charge >= 0.3 is 0 Å². The fraction of sp³-hybridized carbons (Fsp3) is 0.278. The van der Waals surface area contributed by atoms with Gasteiger partial charge in [0.25, 0.3) is 5.91 Å². The first-order chi connectivity index (χ1) is 11.9. The number of amides is 1. The van der Waals surface area contributed by atoms with E-state index in [-0.39, 0.29) is 35.8 Å². The third-order valence-corrected chi connectivity index (χ3v) is 3.95. The number of Topliss-reactive ketones (excluding diaryl/α,β-unsaturated/α-hetero) is 1. The summed E-state index contributed by atoms with van der Waals surface area (Å²) in [5.74, 6) is -0.349. The number of anilines is 2. The topological polar surface area (TPSA) is 85.5 Å². The van der Waals surface area contributed by atoms with Gasteiger partial charge in [-0.2, -0.15) is 0 Å². The van der Waals surface area contributed by atoms with E-state index < -0.39 is 11.9 Å². The van der Waals surface area contributed by atoms with E-state index in [1.54, 1.807) is 12.1 Å². The van der Waals surface area contributed by atoms with Crippen LogP contribution >= 0.6 is 0 Å². The Bertz CT molecular complexity index is 821. The Morgan fingerprint density at radius 2 is 1.96 bits per heavy atom. The van der Waals surface area contributed by atoms with E-state index in [0.717, 1.165) is 0 Å². The number of carbonyl (C=O) groups excluding carboxylic acids is 2. The summed E-state index contributed by atoms with van der Waals surface area (Å²) in [6.07, 6.45) is -0.709. The molecule has 25 heavy (non-hydrogen) atoms. The predicted molar refractivity (Wildman–Crippen MR) is 91.0 cm³/mol. The number of ether oxygens (including phenoxy) is 1. The maximum atomic E-state index is 13.0. The maximum Gasteiger partial charge on any atom is 0.270 e. The first-order valence-corrected chi connectivity index (χ1v) is 7.90. The quantitative estimate of drug-likeness (QED) is 0.862. The first kappa shape index (κ1) is 16.9. The standard InChI is InChI=1S/C18H18FN3O3/c1-10(2)16-18(24)22(17-14(25-16)7-8-15(20)21-17)9-13(23)11-3-5-12(19)6-4-11/h3-8,10,16H,9H2,1-2H3,(H2,20,21). The molecule has 1 aromatic heterocycles. The molecular formula is C18H18FN3O3. The Hall–Kier alpha value is -2.96. The van der Waals surface area contributed by atoms with Crippen molar-refractivity contribution in [3.05, 3.63) is 47.8 Å². The highest BCUT2D eigenvalue weighted by atomic mass is 19.1. The fourth-order valence-corrected chi connectivity index (χ4v) is 2.63. The van der Waals surface area contributed by atoms with Crippen LogP contribution in [0, 0.1) is 11.7 Å². The van der Waals surface area contributed by atoms with E-state index in [9.17, 15) is 14.0 Å². The lowest BCUT2D eigenvalue weighted by atomic mass is 10.0. The summed E-state index contributed by atoms with van der Waals surface area (Å²) in [6, 6.07) is 8.39. The third kappa shape index (κ3) is 3.31. The number of ketones is 1. The second kappa shape index (κ2) is 6.51. The minimum Gasteiger partial charge on any atom is -0.476 e. The van der Waals surface area contributed by atoms with Crippen molar-refractivity contribution in [1.82, 2.24) is 4.98 Å². The number of pyridine rings is 1. The number of fused-ring (bicyclic) bond motifs is 1. The van der Waals surface area contributed by atoms with E-state index >= 15 is 0 Å². The van der Waals surface area contributed by atoms with Gasteiger partial charge < -0.3 is 10.5 Å². The highest BCUT2D eigenvalue weighted by molar-refractivity contribution is 6.07. The van der Waals surface area contributed by atoms with Gasteiger partial charge in [0.05, 0.1) is 6.54 Å². The van der Waals surface area contributed by atoms with Crippen LogP contribution in [0.2, 0.25) is 0 Å². The van der Waals surface area contributed by atoms with Crippen molar-refractivity contribution in [2.75, 3.05) is 17.2 Å². The summed E-state index contributed by atoms with van der Waals surface area (Å²) < 4.78 is 18.8. The van der Waals surface area contributed by atoms with Gasteiger partial charge in [-0.15, -0.1) is 0 Å². The number of hydrogen-bond donors (Lipinski definition) is 1. The molecule has 6 nitrogen and oxygen atoms in total. The number of halogens is 1. The SMILES string of the molecule is CC(C)C1Oc2ccc(N)nc2N(CC(=O)c2ccc(F)cc2)C1=O. The summed E-state index contributed by atoms with van der Waals surface area (Å²) in [5.41, 5.74) is 6.02. The molecule has 1 unspecified atom stereocenters. The third-order valence-electron chi connectivity index (χ3n) is 3.95. The second-order valence-corrected chi connectivity index (χ2v) is 6.19. The molecule has 2 heterocycles.